The molecule has 1 aliphatic carbocycles. The molecule has 2 atom stereocenters. The normalized spacial score (nSPS) is 26.3. The molecule has 6 nitrogen and oxygen atoms in total. The molecule has 116 valence electrons. The fourth-order valence-electron chi connectivity index (χ4n) is 2.80. The largest absolute Gasteiger partial charge is 0.324 e. The lowest BCUT2D eigenvalue weighted by Crippen LogP contribution is -2.53. The summed E-state index contributed by atoms with van der Waals surface area (Å²) in [6, 6.07) is 5.86. The molecule has 0 bridgehead atoms. The van der Waals surface area contributed by atoms with Crippen molar-refractivity contribution in [2.45, 2.75) is 43.0 Å². The summed E-state index contributed by atoms with van der Waals surface area (Å²) < 4.78 is 22.6. The van der Waals surface area contributed by atoms with Gasteiger partial charge in [0.1, 0.15) is 0 Å². The van der Waals surface area contributed by atoms with Gasteiger partial charge in [-0.15, -0.1) is 0 Å². The number of carbonyl (C=O) groups is 1. The summed E-state index contributed by atoms with van der Waals surface area (Å²) in [5.74, 6) is 0.130. The van der Waals surface area contributed by atoms with Gasteiger partial charge in [-0.25, -0.2) is 13.6 Å². The van der Waals surface area contributed by atoms with Crippen molar-refractivity contribution in [1.82, 2.24) is 0 Å². The van der Waals surface area contributed by atoms with Gasteiger partial charge in [0.25, 0.3) is 0 Å². The second kappa shape index (κ2) is 5.75. The van der Waals surface area contributed by atoms with Crippen LogP contribution in [0.2, 0.25) is 0 Å². The van der Waals surface area contributed by atoms with Crippen LogP contribution in [-0.2, 0) is 14.8 Å². The van der Waals surface area contributed by atoms with Gasteiger partial charge in [0.2, 0.25) is 15.9 Å². The van der Waals surface area contributed by atoms with E-state index in [4.69, 9.17) is 10.9 Å². The summed E-state index contributed by atoms with van der Waals surface area (Å²) in [7, 11) is -3.79. The first-order valence-corrected chi connectivity index (χ1v) is 8.48. The van der Waals surface area contributed by atoms with E-state index in [0.717, 1.165) is 12.8 Å². The molecule has 1 aliphatic rings. The van der Waals surface area contributed by atoms with Gasteiger partial charge in [-0.1, -0.05) is 25.8 Å². The standard InChI is InChI=1S/C14H21N3O3S/c1-10-4-3-7-14(15,9-10)13(18)17-11-5-2-6-12(8-11)21(16,19)20/h2,5-6,8,10H,3-4,7,9,15H2,1H3,(H,17,18)(H2,16,19,20). The average Bonchev–Trinajstić information content (AvgIpc) is 2.37. The van der Waals surface area contributed by atoms with E-state index in [1.807, 2.05) is 0 Å². The molecule has 0 heterocycles. The van der Waals surface area contributed by atoms with Crippen LogP contribution in [0.1, 0.15) is 32.6 Å². The fraction of sp³-hybridized carbons (Fsp3) is 0.500. The number of sulfonamides is 1. The highest BCUT2D eigenvalue weighted by atomic mass is 32.2. The summed E-state index contributed by atoms with van der Waals surface area (Å²) >= 11 is 0. The quantitative estimate of drug-likeness (QED) is 0.777. The maximum absolute atomic E-state index is 12.4. The fourth-order valence-corrected chi connectivity index (χ4v) is 3.36. The summed E-state index contributed by atoms with van der Waals surface area (Å²) in [5.41, 5.74) is 5.70. The lowest BCUT2D eigenvalue weighted by molar-refractivity contribution is -0.122. The Morgan fingerprint density at radius 2 is 2.14 bits per heavy atom. The number of anilines is 1. The Balaban J connectivity index is 2.16. The van der Waals surface area contributed by atoms with Crippen LogP contribution >= 0.6 is 0 Å². The molecule has 0 spiro atoms. The molecular weight excluding hydrogens is 290 g/mol. The van der Waals surface area contributed by atoms with Gasteiger partial charge in [0.15, 0.2) is 0 Å². The van der Waals surface area contributed by atoms with Crippen LogP contribution in [0.15, 0.2) is 29.2 Å². The molecule has 1 amide bonds. The lowest BCUT2D eigenvalue weighted by Gasteiger charge is -2.35. The summed E-state index contributed by atoms with van der Waals surface area (Å²) in [4.78, 5) is 12.3. The molecule has 5 N–H and O–H groups in total. The molecule has 0 aromatic heterocycles. The lowest BCUT2D eigenvalue weighted by atomic mass is 9.76. The highest BCUT2D eigenvalue weighted by molar-refractivity contribution is 7.89. The third-order valence-corrected chi connectivity index (χ3v) is 4.82. The molecule has 2 unspecified atom stereocenters. The predicted octanol–water partition coefficient (Wildman–Crippen LogP) is 1.18. The molecule has 0 radical (unpaired) electrons. The van der Waals surface area contributed by atoms with Crippen molar-refractivity contribution in [2.24, 2.45) is 16.8 Å². The van der Waals surface area contributed by atoms with Gasteiger partial charge in [0, 0.05) is 5.69 Å². The van der Waals surface area contributed by atoms with Gasteiger partial charge in [-0.05, 0) is 37.0 Å². The van der Waals surface area contributed by atoms with Crippen molar-refractivity contribution in [2.75, 3.05) is 5.32 Å². The number of benzene rings is 1. The highest BCUT2D eigenvalue weighted by Crippen LogP contribution is 2.31. The number of carbonyl (C=O) groups excluding carboxylic acids is 1. The van der Waals surface area contributed by atoms with Crippen LogP contribution in [0.25, 0.3) is 0 Å². The Morgan fingerprint density at radius 1 is 1.43 bits per heavy atom. The molecule has 0 aliphatic heterocycles. The van der Waals surface area contributed by atoms with Crippen molar-refractivity contribution >= 4 is 21.6 Å². The van der Waals surface area contributed by atoms with E-state index < -0.39 is 15.6 Å². The molecule has 0 saturated heterocycles. The molecule has 1 aromatic rings. The topological polar surface area (TPSA) is 115 Å². The number of amides is 1. The van der Waals surface area contributed by atoms with Crippen LogP contribution in [0.3, 0.4) is 0 Å². The van der Waals surface area contributed by atoms with Crippen molar-refractivity contribution in [3.05, 3.63) is 24.3 Å². The molecule has 1 saturated carbocycles. The van der Waals surface area contributed by atoms with Crippen LogP contribution in [0.4, 0.5) is 5.69 Å². The molecule has 1 fully saturated rings. The van der Waals surface area contributed by atoms with E-state index in [0.29, 0.717) is 24.4 Å². The maximum Gasteiger partial charge on any atom is 0.244 e. The highest BCUT2D eigenvalue weighted by Gasteiger charge is 2.37. The van der Waals surface area contributed by atoms with E-state index in [-0.39, 0.29) is 10.8 Å². The molecule has 21 heavy (non-hydrogen) atoms. The average molecular weight is 311 g/mol. The first-order valence-electron chi connectivity index (χ1n) is 6.94. The smallest absolute Gasteiger partial charge is 0.244 e. The number of hydrogen-bond acceptors (Lipinski definition) is 4. The van der Waals surface area contributed by atoms with E-state index in [9.17, 15) is 13.2 Å². The second-order valence-corrected chi connectivity index (χ2v) is 7.45. The Morgan fingerprint density at radius 3 is 2.76 bits per heavy atom. The van der Waals surface area contributed by atoms with Crippen molar-refractivity contribution in [3.8, 4) is 0 Å². The zero-order valence-electron chi connectivity index (χ0n) is 12.0. The van der Waals surface area contributed by atoms with E-state index in [1.165, 1.54) is 18.2 Å². The summed E-state index contributed by atoms with van der Waals surface area (Å²) in [6.07, 6.45) is 3.27. The Kier molecular flexibility index (Phi) is 4.36. The Bertz CT molecular complexity index is 645. The number of nitrogens with two attached hydrogens (primary N) is 2. The molecular formula is C14H21N3O3S. The molecule has 1 aromatic carbocycles. The summed E-state index contributed by atoms with van der Waals surface area (Å²) in [6.45, 7) is 2.08. The van der Waals surface area contributed by atoms with Gasteiger partial charge in [0.05, 0.1) is 10.4 Å². The molecule has 7 heteroatoms. The number of rotatable bonds is 3. The minimum Gasteiger partial charge on any atom is -0.324 e. The minimum atomic E-state index is -3.79. The third-order valence-electron chi connectivity index (χ3n) is 3.91. The van der Waals surface area contributed by atoms with Crippen molar-refractivity contribution in [3.63, 3.8) is 0 Å². The maximum atomic E-state index is 12.4. The molecule has 2 rings (SSSR count). The zero-order chi connectivity index (χ0) is 15.7. The SMILES string of the molecule is CC1CCCC(N)(C(=O)Nc2cccc(S(N)(=O)=O)c2)C1. The first kappa shape index (κ1) is 15.9. The van der Waals surface area contributed by atoms with Crippen LogP contribution in [-0.4, -0.2) is 19.9 Å². The van der Waals surface area contributed by atoms with E-state index >= 15 is 0 Å². The number of hydrogen-bond donors (Lipinski definition) is 3. The summed E-state index contributed by atoms with van der Waals surface area (Å²) in [5, 5.41) is 7.78. The second-order valence-electron chi connectivity index (χ2n) is 5.88. The van der Waals surface area contributed by atoms with Crippen LogP contribution in [0.5, 0.6) is 0 Å². The van der Waals surface area contributed by atoms with Gasteiger partial charge >= 0.3 is 0 Å². The van der Waals surface area contributed by atoms with E-state index in [2.05, 4.69) is 12.2 Å². The van der Waals surface area contributed by atoms with Gasteiger partial charge < -0.3 is 11.1 Å². The van der Waals surface area contributed by atoms with Crippen LogP contribution in [0, 0.1) is 5.92 Å². The van der Waals surface area contributed by atoms with Crippen LogP contribution < -0.4 is 16.2 Å². The number of primary sulfonamides is 1. The number of nitrogens with one attached hydrogen (secondary N) is 1. The van der Waals surface area contributed by atoms with Gasteiger partial charge in [-0.2, -0.15) is 0 Å². The Hall–Kier alpha value is -1.44. The first-order chi connectivity index (χ1) is 9.71. The van der Waals surface area contributed by atoms with Crippen molar-refractivity contribution in [1.29, 1.82) is 0 Å². The zero-order valence-corrected chi connectivity index (χ0v) is 12.8. The predicted molar refractivity (Wildman–Crippen MR) is 81.0 cm³/mol. The Labute approximate surface area is 124 Å². The minimum absolute atomic E-state index is 0.0385. The van der Waals surface area contributed by atoms with Crippen molar-refractivity contribution < 1.29 is 13.2 Å². The third kappa shape index (κ3) is 3.81. The van der Waals surface area contributed by atoms with E-state index in [1.54, 1.807) is 6.07 Å². The van der Waals surface area contributed by atoms with Gasteiger partial charge in [-0.3, -0.25) is 4.79 Å². The monoisotopic (exact) mass is 311 g/mol.